The van der Waals surface area contributed by atoms with Gasteiger partial charge in [-0.1, -0.05) is 12.1 Å². The van der Waals surface area contributed by atoms with Gasteiger partial charge < -0.3 is 39.5 Å². The Morgan fingerprint density at radius 1 is 0.978 bits per heavy atom. The number of ether oxygens (including phenoxy) is 4. The van der Waals surface area contributed by atoms with Crippen LogP contribution in [0.1, 0.15) is 37.4 Å². The number of benzene rings is 2. The first kappa shape index (κ1) is 32.4. The first-order valence-electron chi connectivity index (χ1n) is 15.1. The van der Waals surface area contributed by atoms with Crippen molar-refractivity contribution >= 4 is 34.1 Å². The van der Waals surface area contributed by atoms with Crippen LogP contribution in [0.4, 0.5) is 11.4 Å². The lowest BCUT2D eigenvalue weighted by molar-refractivity contribution is -0.119. The Kier molecular flexibility index (Phi) is 9.81. The van der Waals surface area contributed by atoms with Crippen LogP contribution in [0, 0.1) is 0 Å². The molecule has 2 atom stereocenters. The number of aryl methyl sites for hydroxylation is 1. The topological polar surface area (TPSA) is 129 Å². The Hall–Kier alpha value is -5.03. The summed E-state index contributed by atoms with van der Waals surface area (Å²) in [4.78, 5) is 39.3. The lowest BCUT2D eigenvalue weighted by Crippen LogP contribution is -2.33. The van der Waals surface area contributed by atoms with Crippen molar-refractivity contribution in [3.8, 4) is 28.4 Å². The molecule has 1 aromatic heterocycles. The number of hydrogen-bond acceptors (Lipinski definition) is 8. The number of carbonyl (C=O) groups excluding carboxylic acids is 2. The molecule has 1 aliphatic rings. The van der Waals surface area contributed by atoms with Crippen LogP contribution in [0.25, 0.3) is 22.0 Å². The first-order chi connectivity index (χ1) is 22.2. The minimum atomic E-state index is -0.752. The van der Waals surface area contributed by atoms with E-state index in [1.165, 1.54) is 20.1 Å². The van der Waals surface area contributed by atoms with Gasteiger partial charge in [-0.15, -0.1) is 0 Å². The number of nitrogens with zero attached hydrogens (tertiary/aromatic N) is 1. The average Bonchev–Trinajstić information content (AvgIpc) is 3.33. The highest BCUT2D eigenvalue weighted by atomic mass is 16.5. The molecule has 46 heavy (non-hydrogen) atoms. The molecule has 0 spiro atoms. The fourth-order valence-electron chi connectivity index (χ4n) is 6.08. The zero-order chi connectivity index (χ0) is 33.0. The zero-order valence-electron chi connectivity index (χ0n) is 27.0. The summed E-state index contributed by atoms with van der Waals surface area (Å²) in [5.41, 5.74) is 4.59. The third-order valence-corrected chi connectivity index (χ3v) is 8.29. The van der Waals surface area contributed by atoms with Gasteiger partial charge >= 0.3 is 0 Å². The Morgan fingerprint density at radius 3 is 2.46 bits per heavy atom. The molecule has 4 aromatic rings. The number of nitrogens with one attached hydrogen (secondary N) is 3. The van der Waals surface area contributed by atoms with E-state index < -0.39 is 12.1 Å². The van der Waals surface area contributed by atoms with Crippen LogP contribution in [-0.4, -0.2) is 57.5 Å². The van der Waals surface area contributed by atoms with Crippen LogP contribution in [0.15, 0.2) is 59.5 Å². The third-order valence-electron chi connectivity index (χ3n) is 8.29. The number of hydrogen-bond donors (Lipinski definition) is 3. The smallest absolute Gasteiger partial charge is 0.246 e. The van der Waals surface area contributed by atoms with E-state index in [-0.39, 0.29) is 22.9 Å². The van der Waals surface area contributed by atoms with E-state index in [1.54, 1.807) is 34.3 Å². The van der Waals surface area contributed by atoms with Gasteiger partial charge in [0, 0.05) is 37.7 Å². The largest absolute Gasteiger partial charge is 0.493 e. The number of carbonyl (C=O) groups is 2. The molecule has 0 aliphatic heterocycles. The highest BCUT2D eigenvalue weighted by molar-refractivity contribution is 6.04. The standard InChI is InChI=1S/C35H40N4O7/c1-20(35(42)38-26-8-7-9-29-24(26)14-15-39(29)16-17-43-3)36-28-13-11-23-25(19-30(28)41)27(37-21(2)40)12-10-22-18-31(44-4)33(45-5)34(46-6)32(22)23/h7-9,11,13-15,18-20,27H,10,12,16-17H2,1-6H3,(H,36,41)(H,37,40)(H,38,42)/t20-,27-/m0/s1. The van der Waals surface area contributed by atoms with E-state index >= 15 is 0 Å². The molecule has 0 saturated carbocycles. The maximum absolute atomic E-state index is 13.7. The molecule has 3 aromatic carbocycles. The summed E-state index contributed by atoms with van der Waals surface area (Å²) in [6.07, 6.45) is 3.10. The van der Waals surface area contributed by atoms with E-state index in [9.17, 15) is 14.4 Å². The minimum absolute atomic E-state index is 0.212. The van der Waals surface area contributed by atoms with Gasteiger partial charge in [0.25, 0.3) is 0 Å². The SMILES string of the molecule is COCCn1ccc2c(NC(=O)[C@H](C)Nc3ccc4c(cc3=O)[C@@H](NC(C)=O)CCc3cc(OC)c(OC)c(OC)c3-4)cccc21. The van der Waals surface area contributed by atoms with E-state index in [4.69, 9.17) is 18.9 Å². The van der Waals surface area contributed by atoms with Crippen molar-refractivity contribution in [1.29, 1.82) is 0 Å². The molecule has 11 nitrogen and oxygen atoms in total. The summed E-state index contributed by atoms with van der Waals surface area (Å²) in [6, 6.07) is 13.4. The van der Waals surface area contributed by atoms with Crippen LogP contribution in [-0.2, 0) is 27.3 Å². The van der Waals surface area contributed by atoms with Crippen molar-refractivity contribution in [2.24, 2.45) is 0 Å². The molecule has 11 heteroatoms. The lowest BCUT2D eigenvalue weighted by atomic mass is 9.95. The number of aromatic nitrogens is 1. The summed E-state index contributed by atoms with van der Waals surface area (Å²) in [5, 5.41) is 10.0. The Bertz CT molecular complexity index is 1830. The molecular weight excluding hydrogens is 588 g/mol. The van der Waals surface area contributed by atoms with Gasteiger partial charge in [0.15, 0.2) is 11.5 Å². The van der Waals surface area contributed by atoms with Crippen molar-refractivity contribution < 1.29 is 28.5 Å². The van der Waals surface area contributed by atoms with Crippen molar-refractivity contribution in [2.75, 3.05) is 45.7 Å². The number of anilines is 2. The second-order valence-electron chi connectivity index (χ2n) is 11.2. The monoisotopic (exact) mass is 628 g/mol. The molecule has 1 aliphatic carbocycles. The molecule has 0 fully saturated rings. The normalized spacial score (nSPS) is 14.3. The maximum atomic E-state index is 13.7. The maximum Gasteiger partial charge on any atom is 0.246 e. The number of fused-ring (bicyclic) bond motifs is 4. The number of rotatable bonds is 11. The fraction of sp³-hybridized carbons (Fsp3) is 0.343. The van der Waals surface area contributed by atoms with Gasteiger partial charge in [0.1, 0.15) is 6.04 Å². The summed E-state index contributed by atoms with van der Waals surface area (Å²) < 4.78 is 24.4. The fourth-order valence-corrected chi connectivity index (χ4v) is 6.08. The van der Waals surface area contributed by atoms with Crippen molar-refractivity contribution in [3.63, 3.8) is 0 Å². The van der Waals surface area contributed by atoms with E-state index in [0.29, 0.717) is 60.1 Å². The van der Waals surface area contributed by atoms with Gasteiger partial charge in [-0.3, -0.25) is 14.4 Å². The van der Waals surface area contributed by atoms with Crippen LogP contribution >= 0.6 is 0 Å². The second-order valence-corrected chi connectivity index (χ2v) is 11.2. The summed E-state index contributed by atoms with van der Waals surface area (Å²) >= 11 is 0. The second kappa shape index (κ2) is 13.9. The quantitative estimate of drug-likeness (QED) is 0.214. The molecule has 5 rings (SSSR count). The molecule has 0 radical (unpaired) electrons. The number of methoxy groups -OCH3 is 4. The lowest BCUT2D eigenvalue weighted by Gasteiger charge is -2.19. The van der Waals surface area contributed by atoms with Crippen molar-refractivity contribution in [3.05, 3.63) is 76.1 Å². The minimum Gasteiger partial charge on any atom is -0.493 e. The first-order valence-corrected chi connectivity index (χ1v) is 15.1. The predicted molar refractivity (Wildman–Crippen MR) is 178 cm³/mol. The summed E-state index contributed by atoms with van der Waals surface area (Å²) in [6.45, 7) is 4.42. The highest BCUT2D eigenvalue weighted by Crippen LogP contribution is 2.50. The van der Waals surface area contributed by atoms with E-state index in [0.717, 1.165) is 22.0 Å². The predicted octanol–water partition coefficient (Wildman–Crippen LogP) is 4.90. The van der Waals surface area contributed by atoms with Gasteiger partial charge in [-0.25, -0.2) is 0 Å². The van der Waals surface area contributed by atoms with Crippen LogP contribution in [0.2, 0.25) is 0 Å². The van der Waals surface area contributed by atoms with Crippen LogP contribution in [0.5, 0.6) is 17.2 Å². The molecule has 0 unspecified atom stereocenters. The highest BCUT2D eigenvalue weighted by Gasteiger charge is 2.29. The molecule has 1 heterocycles. The molecule has 0 bridgehead atoms. The molecule has 2 amide bonds. The molecule has 242 valence electrons. The van der Waals surface area contributed by atoms with Crippen molar-refractivity contribution in [1.82, 2.24) is 9.88 Å². The van der Waals surface area contributed by atoms with E-state index in [1.807, 2.05) is 42.6 Å². The van der Waals surface area contributed by atoms with Crippen molar-refractivity contribution in [2.45, 2.75) is 45.3 Å². The third kappa shape index (κ3) is 6.36. The van der Waals surface area contributed by atoms with E-state index in [2.05, 4.69) is 20.5 Å². The summed E-state index contributed by atoms with van der Waals surface area (Å²) in [5.74, 6) is 0.897. The number of amides is 2. The molecular formula is C35H40N4O7. The molecule has 3 N–H and O–H groups in total. The summed E-state index contributed by atoms with van der Waals surface area (Å²) in [7, 11) is 6.32. The van der Waals surface area contributed by atoms with Gasteiger partial charge in [0.05, 0.1) is 50.9 Å². The van der Waals surface area contributed by atoms with Crippen LogP contribution in [0.3, 0.4) is 0 Å². The van der Waals surface area contributed by atoms with Crippen LogP contribution < -0.4 is 35.6 Å². The Morgan fingerprint density at radius 2 is 1.76 bits per heavy atom. The van der Waals surface area contributed by atoms with Gasteiger partial charge in [-0.05, 0) is 72.9 Å². The Balaban J connectivity index is 1.51. The zero-order valence-corrected chi connectivity index (χ0v) is 27.0. The van der Waals surface area contributed by atoms with Gasteiger partial charge in [-0.2, -0.15) is 0 Å². The average molecular weight is 629 g/mol. The Labute approximate surface area is 267 Å². The molecule has 0 saturated heterocycles. The van der Waals surface area contributed by atoms with Gasteiger partial charge in [0.2, 0.25) is 23.0 Å².